The maximum atomic E-state index is 11.4. The van der Waals surface area contributed by atoms with Gasteiger partial charge in [0.15, 0.2) is 0 Å². The lowest BCUT2D eigenvalue weighted by Crippen LogP contribution is -2.25. The zero-order chi connectivity index (χ0) is 19.9. The number of carbonyl (C=O) groups excluding carboxylic acids is 2. The zero-order valence-electron chi connectivity index (χ0n) is 17.2. The largest absolute Gasteiger partial charge is 0.469 e. The molecule has 1 amide bonds. The Balaban J connectivity index is 0. The summed E-state index contributed by atoms with van der Waals surface area (Å²) in [5.74, 6) is -0.235. The number of ether oxygens (including phenoxy) is 2. The molecule has 26 heavy (non-hydrogen) atoms. The van der Waals surface area contributed by atoms with Crippen LogP contribution in [0.4, 0.5) is 4.79 Å². The minimum atomic E-state index is -0.409. The van der Waals surface area contributed by atoms with E-state index in [-0.39, 0.29) is 5.97 Å². The molecule has 0 unspecified atom stereocenters. The van der Waals surface area contributed by atoms with E-state index in [1.165, 1.54) is 32.8 Å². The number of carbonyl (C=O) groups is 2. The SMILES string of the molecule is CC.CCCCCC/C=C/C=C\CCNC(=O)OCCCCC(=O)OC. The lowest BCUT2D eigenvalue weighted by Gasteiger charge is -2.05. The Morgan fingerprint density at radius 1 is 0.923 bits per heavy atom. The van der Waals surface area contributed by atoms with Crippen molar-refractivity contribution in [3.05, 3.63) is 24.3 Å². The second-order valence-electron chi connectivity index (χ2n) is 5.59. The van der Waals surface area contributed by atoms with Gasteiger partial charge >= 0.3 is 12.1 Å². The van der Waals surface area contributed by atoms with E-state index < -0.39 is 6.09 Å². The predicted octanol–water partition coefficient (Wildman–Crippen LogP) is 5.56. The normalized spacial score (nSPS) is 10.5. The van der Waals surface area contributed by atoms with Gasteiger partial charge in [0.1, 0.15) is 0 Å². The van der Waals surface area contributed by atoms with Crippen LogP contribution in [-0.4, -0.2) is 32.3 Å². The predicted molar refractivity (Wildman–Crippen MR) is 108 cm³/mol. The topological polar surface area (TPSA) is 64.6 Å². The monoisotopic (exact) mass is 369 g/mol. The van der Waals surface area contributed by atoms with Crippen LogP contribution in [0.25, 0.3) is 0 Å². The van der Waals surface area contributed by atoms with Gasteiger partial charge in [-0.05, 0) is 32.1 Å². The van der Waals surface area contributed by atoms with Crippen LogP contribution in [0.1, 0.15) is 78.6 Å². The third kappa shape index (κ3) is 22.2. The van der Waals surface area contributed by atoms with E-state index in [1.807, 2.05) is 26.0 Å². The molecule has 5 nitrogen and oxygen atoms in total. The second kappa shape index (κ2) is 23.2. The number of unbranched alkanes of at least 4 members (excludes halogenated alkanes) is 5. The molecule has 0 bridgehead atoms. The molecule has 5 heteroatoms. The third-order valence-electron chi connectivity index (χ3n) is 3.42. The van der Waals surface area contributed by atoms with Crippen molar-refractivity contribution in [1.82, 2.24) is 5.32 Å². The summed E-state index contributed by atoms with van der Waals surface area (Å²) >= 11 is 0. The van der Waals surface area contributed by atoms with E-state index in [0.717, 1.165) is 12.8 Å². The number of nitrogens with one attached hydrogen (secondary N) is 1. The Morgan fingerprint density at radius 2 is 1.62 bits per heavy atom. The number of rotatable bonds is 14. The average molecular weight is 370 g/mol. The summed E-state index contributed by atoms with van der Waals surface area (Å²) in [6.45, 7) is 7.09. The van der Waals surface area contributed by atoms with Gasteiger partial charge in [-0.25, -0.2) is 4.79 Å². The van der Waals surface area contributed by atoms with E-state index >= 15 is 0 Å². The van der Waals surface area contributed by atoms with Crippen molar-refractivity contribution >= 4 is 12.1 Å². The Kier molecular flexibility index (Phi) is 23.6. The Labute approximate surface area is 160 Å². The van der Waals surface area contributed by atoms with Crippen LogP contribution >= 0.6 is 0 Å². The Bertz CT molecular complexity index is 378. The van der Waals surface area contributed by atoms with Gasteiger partial charge in [0.2, 0.25) is 0 Å². The van der Waals surface area contributed by atoms with Gasteiger partial charge in [0.25, 0.3) is 0 Å². The molecule has 0 aliphatic heterocycles. The summed E-state index contributed by atoms with van der Waals surface area (Å²) in [6, 6.07) is 0. The molecule has 0 aromatic heterocycles. The lowest BCUT2D eigenvalue weighted by atomic mass is 10.1. The maximum absolute atomic E-state index is 11.4. The number of amides is 1. The molecule has 0 fully saturated rings. The van der Waals surface area contributed by atoms with E-state index in [4.69, 9.17) is 4.74 Å². The van der Waals surface area contributed by atoms with E-state index in [0.29, 0.717) is 32.4 Å². The first-order valence-electron chi connectivity index (χ1n) is 9.99. The molecule has 0 saturated heterocycles. The molecular formula is C21H39NO4. The fourth-order valence-corrected chi connectivity index (χ4v) is 1.99. The molecule has 0 heterocycles. The first-order chi connectivity index (χ1) is 12.7. The van der Waals surface area contributed by atoms with E-state index in [1.54, 1.807) is 0 Å². The van der Waals surface area contributed by atoms with E-state index in [9.17, 15) is 9.59 Å². The van der Waals surface area contributed by atoms with Gasteiger partial charge in [0, 0.05) is 13.0 Å². The number of hydrogen-bond donors (Lipinski definition) is 1. The highest BCUT2D eigenvalue weighted by atomic mass is 16.5. The van der Waals surface area contributed by atoms with Crippen molar-refractivity contribution in [1.29, 1.82) is 0 Å². The number of esters is 1. The van der Waals surface area contributed by atoms with Crippen LogP contribution in [0, 0.1) is 0 Å². The summed E-state index contributed by atoms with van der Waals surface area (Å²) in [5, 5.41) is 2.69. The second-order valence-corrected chi connectivity index (χ2v) is 5.59. The van der Waals surface area contributed by atoms with Gasteiger partial charge in [-0.2, -0.15) is 0 Å². The molecular weight excluding hydrogens is 330 g/mol. The van der Waals surface area contributed by atoms with Crippen LogP contribution in [0.15, 0.2) is 24.3 Å². The van der Waals surface area contributed by atoms with Crippen molar-refractivity contribution in [2.45, 2.75) is 78.6 Å². The fourth-order valence-electron chi connectivity index (χ4n) is 1.99. The molecule has 0 spiro atoms. The first kappa shape index (κ1) is 26.4. The van der Waals surface area contributed by atoms with Crippen molar-refractivity contribution < 1.29 is 19.1 Å². The van der Waals surface area contributed by atoms with Gasteiger partial charge < -0.3 is 14.8 Å². The summed E-state index contributed by atoms with van der Waals surface area (Å²) in [6.07, 6.45) is 16.6. The number of methoxy groups -OCH3 is 1. The highest BCUT2D eigenvalue weighted by molar-refractivity contribution is 5.69. The summed E-state index contributed by atoms with van der Waals surface area (Å²) < 4.78 is 9.54. The molecule has 0 aromatic rings. The molecule has 1 N–H and O–H groups in total. The average Bonchev–Trinajstić information content (AvgIpc) is 2.67. The standard InChI is InChI=1S/C19H33NO4.C2H6/c1-3-4-5-6-7-8-9-10-11-13-16-20-19(22)24-17-14-12-15-18(21)23-2;1-2/h8-11H,3-7,12-17H2,1-2H3,(H,20,22);1-2H3/b9-8+,11-10-;. The molecule has 0 radical (unpaired) electrons. The van der Waals surface area contributed by atoms with Crippen LogP contribution in [-0.2, 0) is 14.3 Å². The molecule has 152 valence electrons. The zero-order valence-corrected chi connectivity index (χ0v) is 17.2. The fraction of sp³-hybridized carbons (Fsp3) is 0.714. The molecule has 0 rings (SSSR count). The van der Waals surface area contributed by atoms with Crippen LogP contribution < -0.4 is 5.32 Å². The molecule has 0 atom stereocenters. The first-order valence-corrected chi connectivity index (χ1v) is 9.99. The highest BCUT2D eigenvalue weighted by Crippen LogP contribution is 2.02. The quantitative estimate of drug-likeness (QED) is 0.247. The third-order valence-corrected chi connectivity index (χ3v) is 3.42. The molecule has 0 aromatic carbocycles. The lowest BCUT2D eigenvalue weighted by molar-refractivity contribution is -0.140. The van der Waals surface area contributed by atoms with Gasteiger partial charge in [0.05, 0.1) is 13.7 Å². The van der Waals surface area contributed by atoms with Crippen molar-refractivity contribution in [3.8, 4) is 0 Å². The number of allylic oxidation sites excluding steroid dienone is 3. The van der Waals surface area contributed by atoms with Crippen LogP contribution in [0.2, 0.25) is 0 Å². The minimum Gasteiger partial charge on any atom is -0.469 e. The maximum Gasteiger partial charge on any atom is 0.407 e. The van der Waals surface area contributed by atoms with Crippen molar-refractivity contribution in [3.63, 3.8) is 0 Å². The van der Waals surface area contributed by atoms with Crippen molar-refractivity contribution in [2.75, 3.05) is 20.3 Å². The Hall–Kier alpha value is -1.78. The van der Waals surface area contributed by atoms with Crippen LogP contribution in [0.5, 0.6) is 0 Å². The van der Waals surface area contributed by atoms with Crippen LogP contribution in [0.3, 0.4) is 0 Å². The van der Waals surface area contributed by atoms with Gasteiger partial charge in [-0.3, -0.25) is 4.79 Å². The van der Waals surface area contributed by atoms with E-state index in [2.05, 4.69) is 29.1 Å². The Morgan fingerprint density at radius 3 is 2.27 bits per heavy atom. The highest BCUT2D eigenvalue weighted by Gasteiger charge is 2.02. The molecule has 0 saturated carbocycles. The minimum absolute atomic E-state index is 0.235. The summed E-state index contributed by atoms with van der Waals surface area (Å²) in [4.78, 5) is 22.3. The summed E-state index contributed by atoms with van der Waals surface area (Å²) in [7, 11) is 1.37. The molecule has 0 aliphatic carbocycles. The van der Waals surface area contributed by atoms with Crippen molar-refractivity contribution in [2.24, 2.45) is 0 Å². The number of hydrogen-bond acceptors (Lipinski definition) is 4. The van der Waals surface area contributed by atoms with Gasteiger partial charge in [-0.15, -0.1) is 0 Å². The summed E-state index contributed by atoms with van der Waals surface area (Å²) in [5.41, 5.74) is 0. The van der Waals surface area contributed by atoms with Gasteiger partial charge in [-0.1, -0.05) is 64.3 Å². The number of alkyl carbamates (subject to hydrolysis) is 1. The molecule has 0 aliphatic rings. The smallest absolute Gasteiger partial charge is 0.407 e.